The number of carbonyl (C=O) groups is 1. The highest BCUT2D eigenvalue weighted by Gasteiger charge is 2.10. The van der Waals surface area contributed by atoms with Crippen LogP contribution in [-0.2, 0) is 11.2 Å². The standard InChI is InChI=1S/C20H17N3O2S/c1-14(24)22-9-8-15-4-6-16(7-5-15)19-13-26-20(23-19)17(12-21)11-18-3-2-10-25-18/h2-7,10-11,13H,8-9H2,1H3,(H,22,24)/b17-11+. The Morgan fingerprint density at radius 1 is 1.35 bits per heavy atom. The molecule has 0 saturated heterocycles. The van der Waals surface area contributed by atoms with E-state index in [-0.39, 0.29) is 5.91 Å². The number of thiazole rings is 1. The van der Waals surface area contributed by atoms with E-state index >= 15 is 0 Å². The molecule has 0 radical (unpaired) electrons. The Balaban J connectivity index is 1.73. The normalized spacial score (nSPS) is 11.2. The largest absolute Gasteiger partial charge is 0.465 e. The molecular weight excluding hydrogens is 346 g/mol. The second kappa shape index (κ2) is 8.28. The summed E-state index contributed by atoms with van der Waals surface area (Å²) in [4.78, 5) is 15.5. The molecule has 3 aromatic rings. The molecule has 1 amide bonds. The highest BCUT2D eigenvalue weighted by atomic mass is 32.1. The van der Waals surface area contributed by atoms with Gasteiger partial charge in [-0.1, -0.05) is 24.3 Å². The molecule has 0 aliphatic rings. The van der Waals surface area contributed by atoms with Gasteiger partial charge >= 0.3 is 0 Å². The first-order chi connectivity index (χ1) is 12.7. The van der Waals surface area contributed by atoms with Gasteiger partial charge in [0.2, 0.25) is 5.91 Å². The number of benzene rings is 1. The van der Waals surface area contributed by atoms with Gasteiger partial charge in [-0.3, -0.25) is 4.79 Å². The molecule has 0 atom stereocenters. The summed E-state index contributed by atoms with van der Waals surface area (Å²) in [5.41, 5.74) is 3.45. The fraction of sp³-hybridized carbons (Fsp3) is 0.150. The summed E-state index contributed by atoms with van der Waals surface area (Å²) >= 11 is 1.43. The monoisotopic (exact) mass is 363 g/mol. The van der Waals surface area contributed by atoms with Crippen LogP contribution < -0.4 is 5.32 Å². The molecule has 0 saturated carbocycles. The summed E-state index contributed by atoms with van der Waals surface area (Å²) < 4.78 is 5.26. The number of rotatable bonds is 6. The predicted octanol–water partition coefficient (Wildman–Crippen LogP) is 4.15. The summed E-state index contributed by atoms with van der Waals surface area (Å²) in [5.74, 6) is 0.606. The van der Waals surface area contributed by atoms with E-state index in [9.17, 15) is 10.1 Å². The van der Waals surface area contributed by atoms with Crippen LogP contribution in [0.5, 0.6) is 0 Å². The van der Waals surface area contributed by atoms with Crippen LogP contribution >= 0.6 is 11.3 Å². The number of hydrogen-bond donors (Lipinski definition) is 1. The molecule has 6 heteroatoms. The van der Waals surface area contributed by atoms with Crippen LogP contribution in [0.3, 0.4) is 0 Å². The second-order valence-corrected chi connectivity index (χ2v) is 6.51. The van der Waals surface area contributed by atoms with Gasteiger partial charge in [-0.05, 0) is 24.1 Å². The zero-order valence-electron chi connectivity index (χ0n) is 14.2. The van der Waals surface area contributed by atoms with Gasteiger partial charge in [0.15, 0.2) is 0 Å². The van der Waals surface area contributed by atoms with Crippen molar-refractivity contribution >= 4 is 28.9 Å². The molecule has 130 valence electrons. The summed E-state index contributed by atoms with van der Waals surface area (Å²) in [6, 6.07) is 13.8. The van der Waals surface area contributed by atoms with Gasteiger partial charge in [-0.2, -0.15) is 5.26 Å². The highest BCUT2D eigenvalue weighted by Crippen LogP contribution is 2.27. The Morgan fingerprint density at radius 3 is 2.81 bits per heavy atom. The zero-order chi connectivity index (χ0) is 18.4. The minimum atomic E-state index is -0.0208. The van der Waals surface area contributed by atoms with Crippen molar-refractivity contribution in [2.45, 2.75) is 13.3 Å². The first-order valence-electron chi connectivity index (χ1n) is 8.10. The maximum Gasteiger partial charge on any atom is 0.216 e. The number of furan rings is 1. The van der Waals surface area contributed by atoms with Gasteiger partial charge in [-0.25, -0.2) is 4.98 Å². The lowest BCUT2D eigenvalue weighted by atomic mass is 10.1. The van der Waals surface area contributed by atoms with Crippen molar-refractivity contribution in [1.82, 2.24) is 10.3 Å². The van der Waals surface area contributed by atoms with Crippen molar-refractivity contribution in [3.8, 4) is 17.3 Å². The molecule has 1 aromatic carbocycles. The van der Waals surface area contributed by atoms with Crippen molar-refractivity contribution in [3.05, 3.63) is 64.4 Å². The molecule has 2 heterocycles. The van der Waals surface area contributed by atoms with Gasteiger partial charge in [0.1, 0.15) is 16.8 Å². The molecule has 0 unspecified atom stereocenters. The number of hydrogen-bond acceptors (Lipinski definition) is 5. The van der Waals surface area contributed by atoms with Crippen molar-refractivity contribution in [3.63, 3.8) is 0 Å². The lowest BCUT2D eigenvalue weighted by Gasteiger charge is -2.03. The van der Waals surface area contributed by atoms with Gasteiger partial charge < -0.3 is 9.73 Å². The summed E-state index contributed by atoms with van der Waals surface area (Å²) in [7, 11) is 0. The van der Waals surface area contributed by atoms with Crippen LogP contribution in [0.2, 0.25) is 0 Å². The second-order valence-electron chi connectivity index (χ2n) is 5.65. The smallest absolute Gasteiger partial charge is 0.216 e. The molecule has 0 spiro atoms. The third-order valence-corrected chi connectivity index (χ3v) is 4.60. The van der Waals surface area contributed by atoms with E-state index in [0.717, 1.165) is 23.2 Å². The van der Waals surface area contributed by atoms with Crippen molar-refractivity contribution in [2.75, 3.05) is 6.54 Å². The quantitative estimate of drug-likeness (QED) is 0.667. The molecule has 0 aliphatic carbocycles. The first kappa shape index (κ1) is 17.6. The van der Waals surface area contributed by atoms with Crippen molar-refractivity contribution in [2.24, 2.45) is 0 Å². The van der Waals surface area contributed by atoms with Crippen molar-refractivity contribution in [1.29, 1.82) is 5.26 Å². The maximum atomic E-state index is 10.9. The number of carbonyl (C=O) groups excluding carboxylic acids is 1. The molecule has 26 heavy (non-hydrogen) atoms. The van der Waals surface area contributed by atoms with E-state index in [2.05, 4.69) is 16.4 Å². The third-order valence-electron chi connectivity index (χ3n) is 3.72. The molecule has 2 aromatic heterocycles. The number of allylic oxidation sites excluding steroid dienone is 1. The Bertz CT molecular complexity index is 948. The average Bonchev–Trinajstić information content (AvgIpc) is 3.32. The summed E-state index contributed by atoms with van der Waals surface area (Å²) in [5, 5.41) is 14.8. The predicted molar refractivity (Wildman–Crippen MR) is 102 cm³/mol. The molecular formula is C20H17N3O2S. The molecule has 1 N–H and O–H groups in total. The highest BCUT2D eigenvalue weighted by molar-refractivity contribution is 7.11. The lowest BCUT2D eigenvalue weighted by molar-refractivity contribution is -0.118. The molecule has 0 fully saturated rings. The Morgan fingerprint density at radius 2 is 2.15 bits per heavy atom. The minimum absolute atomic E-state index is 0.0208. The van der Waals surface area contributed by atoms with E-state index in [0.29, 0.717) is 22.9 Å². The molecule has 5 nitrogen and oxygen atoms in total. The van der Waals surface area contributed by atoms with Crippen LogP contribution in [-0.4, -0.2) is 17.4 Å². The lowest BCUT2D eigenvalue weighted by Crippen LogP contribution is -2.22. The van der Waals surface area contributed by atoms with E-state index in [1.54, 1.807) is 24.5 Å². The zero-order valence-corrected chi connectivity index (χ0v) is 15.0. The van der Waals surface area contributed by atoms with Crippen LogP contribution in [0.25, 0.3) is 22.9 Å². The van der Waals surface area contributed by atoms with E-state index in [4.69, 9.17) is 4.42 Å². The SMILES string of the molecule is CC(=O)NCCc1ccc(-c2csc(/C(C#N)=C/c3ccco3)n2)cc1. The van der Waals surface area contributed by atoms with Gasteiger partial charge in [0.25, 0.3) is 0 Å². The summed E-state index contributed by atoms with van der Waals surface area (Å²) in [6.45, 7) is 2.14. The van der Waals surface area contributed by atoms with Crippen molar-refractivity contribution < 1.29 is 9.21 Å². The van der Waals surface area contributed by atoms with Gasteiger partial charge in [-0.15, -0.1) is 11.3 Å². The fourth-order valence-electron chi connectivity index (χ4n) is 2.41. The Kier molecular flexibility index (Phi) is 5.62. The van der Waals surface area contributed by atoms with E-state index in [1.807, 2.05) is 29.6 Å². The Labute approximate surface area is 155 Å². The van der Waals surface area contributed by atoms with Crippen LogP contribution in [0, 0.1) is 11.3 Å². The van der Waals surface area contributed by atoms with E-state index in [1.165, 1.54) is 18.3 Å². The topological polar surface area (TPSA) is 78.9 Å². The third kappa shape index (κ3) is 4.47. The molecule has 3 rings (SSSR count). The van der Waals surface area contributed by atoms with Crippen LogP contribution in [0.15, 0.2) is 52.5 Å². The number of aromatic nitrogens is 1. The summed E-state index contributed by atoms with van der Waals surface area (Å²) in [6.07, 6.45) is 4.04. The average molecular weight is 363 g/mol. The first-order valence-corrected chi connectivity index (χ1v) is 8.98. The fourth-order valence-corrected chi connectivity index (χ4v) is 3.21. The Hall–Kier alpha value is -3.17. The van der Waals surface area contributed by atoms with Crippen LogP contribution in [0.4, 0.5) is 0 Å². The van der Waals surface area contributed by atoms with E-state index < -0.39 is 0 Å². The van der Waals surface area contributed by atoms with Gasteiger partial charge in [0.05, 0.1) is 17.5 Å². The van der Waals surface area contributed by atoms with Crippen LogP contribution in [0.1, 0.15) is 23.3 Å². The maximum absolute atomic E-state index is 10.9. The van der Waals surface area contributed by atoms with Gasteiger partial charge in [0, 0.05) is 30.5 Å². The minimum Gasteiger partial charge on any atom is -0.465 e. The number of amides is 1. The number of nitrogens with zero attached hydrogens (tertiary/aromatic N) is 2. The molecule has 0 aliphatic heterocycles. The number of nitriles is 1. The number of nitrogens with one attached hydrogen (secondary N) is 1. The molecule has 0 bridgehead atoms.